The Morgan fingerprint density at radius 2 is 1.85 bits per heavy atom. The second-order valence-corrected chi connectivity index (χ2v) is 10.2. The number of imide groups is 1. The van der Waals surface area contributed by atoms with Crippen molar-refractivity contribution in [3.8, 4) is 0 Å². The molecular weight excluding hydrogens is 360 g/mol. The number of nitrogens with one attached hydrogen (secondary N) is 1. The fraction of sp³-hybridized carbons (Fsp3) is 0.875. The van der Waals surface area contributed by atoms with E-state index in [2.05, 4.69) is 15.1 Å². The normalized spacial score (nSPS) is 30.6. The topological polar surface area (TPSA) is 110 Å². The van der Waals surface area contributed by atoms with Crippen LogP contribution in [-0.2, 0) is 14.6 Å². The first kappa shape index (κ1) is 19.5. The number of sulfone groups is 1. The fourth-order valence-electron chi connectivity index (χ4n) is 3.92. The maximum atomic E-state index is 12.2. The third-order valence-electron chi connectivity index (χ3n) is 5.44. The van der Waals surface area contributed by atoms with Crippen LogP contribution in [0.1, 0.15) is 20.3 Å². The van der Waals surface area contributed by atoms with E-state index in [4.69, 9.17) is 0 Å². The summed E-state index contributed by atoms with van der Waals surface area (Å²) in [7, 11) is -2.88. The van der Waals surface area contributed by atoms with Gasteiger partial charge in [0.1, 0.15) is 5.54 Å². The lowest BCUT2D eigenvalue weighted by Crippen LogP contribution is -2.53. The number of aliphatic hydroxyl groups is 1. The van der Waals surface area contributed by atoms with E-state index in [1.807, 2.05) is 0 Å². The number of carbonyl (C=O) groups is 2. The van der Waals surface area contributed by atoms with Crippen LogP contribution >= 0.6 is 0 Å². The Bertz CT molecular complexity index is 672. The van der Waals surface area contributed by atoms with Crippen LogP contribution in [0.3, 0.4) is 0 Å². The molecule has 10 heteroatoms. The van der Waals surface area contributed by atoms with Crippen molar-refractivity contribution in [3.05, 3.63) is 0 Å². The molecule has 0 aromatic rings. The summed E-state index contributed by atoms with van der Waals surface area (Å²) in [5.41, 5.74) is -0.927. The molecule has 0 radical (unpaired) electrons. The first-order valence-corrected chi connectivity index (χ1v) is 10.9. The van der Waals surface area contributed by atoms with E-state index in [1.54, 1.807) is 13.8 Å². The largest absolute Gasteiger partial charge is 0.390 e. The molecular formula is C16H28N4O5S. The molecule has 0 saturated carbocycles. The molecule has 3 rings (SSSR count). The summed E-state index contributed by atoms with van der Waals surface area (Å²) in [6.45, 7) is 6.65. The SMILES string of the molecule is CC1(C)NC(=O)N(CC(O)CN2CCN(C3CCS(=O)(=O)C3)CC2)C1=O. The minimum absolute atomic E-state index is 0.0187. The van der Waals surface area contributed by atoms with Gasteiger partial charge in [-0.15, -0.1) is 0 Å². The number of piperazine rings is 1. The molecule has 3 amide bonds. The van der Waals surface area contributed by atoms with Crippen LogP contribution in [0, 0.1) is 0 Å². The molecule has 0 bridgehead atoms. The lowest BCUT2D eigenvalue weighted by Gasteiger charge is -2.38. The molecule has 148 valence electrons. The van der Waals surface area contributed by atoms with Crippen LogP contribution in [0.25, 0.3) is 0 Å². The predicted molar refractivity (Wildman–Crippen MR) is 95.4 cm³/mol. The van der Waals surface area contributed by atoms with Gasteiger partial charge < -0.3 is 10.4 Å². The van der Waals surface area contributed by atoms with Gasteiger partial charge in [0, 0.05) is 38.8 Å². The van der Waals surface area contributed by atoms with Crippen molar-refractivity contribution >= 4 is 21.8 Å². The summed E-state index contributed by atoms with van der Waals surface area (Å²) in [5, 5.41) is 12.9. The molecule has 0 aromatic carbocycles. The molecule has 0 aromatic heterocycles. The molecule has 3 aliphatic rings. The van der Waals surface area contributed by atoms with Gasteiger partial charge in [-0.05, 0) is 20.3 Å². The molecule has 2 N–H and O–H groups in total. The van der Waals surface area contributed by atoms with Crippen molar-refractivity contribution in [2.75, 3.05) is 50.8 Å². The third-order valence-corrected chi connectivity index (χ3v) is 7.19. The lowest BCUT2D eigenvalue weighted by atomic mass is 10.1. The van der Waals surface area contributed by atoms with Gasteiger partial charge in [-0.25, -0.2) is 13.2 Å². The highest BCUT2D eigenvalue weighted by molar-refractivity contribution is 7.91. The van der Waals surface area contributed by atoms with Crippen molar-refractivity contribution in [2.24, 2.45) is 0 Å². The molecule has 3 fully saturated rings. The van der Waals surface area contributed by atoms with E-state index in [0.29, 0.717) is 13.0 Å². The van der Waals surface area contributed by atoms with Crippen molar-refractivity contribution in [3.63, 3.8) is 0 Å². The molecule has 2 unspecified atom stereocenters. The predicted octanol–water partition coefficient (Wildman–Crippen LogP) is -1.52. The third kappa shape index (κ3) is 4.19. The van der Waals surface area contributed by atoms with E-state index in [0.717, 1.165) is 31.1 Å². The second-order valence-electron chi connectivity index (χ2n) is 8.02. The molecule has 3 heterocycles. The van der Waals surface area contributed by atoms with Gasteiger partial charge in [-0.1, -0.05) is 0 Å². The lowest BCUT2D eigenvalue weighted by molar-refractivity contribution is -0.131. The zero-order chi connectivity index (χ0) is 19.1. The van der Waals surface area contributed by atoms with Crippen LogP contribution in [-0.4, -0.2) is 109 Å². The number of hydrogen-bond acceptors (Lipinski definition) is 7. The molecule has 0 spiro atoms. The van der Waals surface area contributed by atoms with Crippen LogP contribution < -0.4 is 5.32 Å². The van der Waals surface area contributed by atoms with Crippen molar-refractivity contribution in [1.82, 2.24) is 20.0 Å². The highest BCUT2D eigenvalue weighted by Gasteiger charge is 2.44. The van der Waals surface area contributed by atoms with E-state index in [1.165, 1.54) is 0 Å². The Morgan fingerprint density at radius 1 is 1.19 bits per heavy atom. The van der Waals surface area contributed by atoms with Crippen molar-refractivity contribution in [2.45, 2.75) is 38.0 Å². The maximum absolute atomic E-state index is 12.2. The summed E-state index contributed by atoms with van der Waals surface area (Å²) in [5.74, 6) is 0.199. The molecule has 9 nitrogen and oxygen atoms in total. The van der Waals surface area contributed by atoms with Crippen LogP contribution in [0.15, 0.2) is 0 Å². The van der Waals surface area contributed by atoms with Crippen LogP contribution in [0.5, 0.6) is 0 Å². The number of carbonyl (C=O) groups excluding carboxylic acids is 2. The number of urea groups is 1. The zero-order valence-electron chi connectivity index (χ0n) is 15.3. The number of amides is 3. The van der Waals surface area contributed by atoms with E-state index in [9.17, 15) is 23.1 Å². The standard InChI is InChI=1S/C16H28N4O5S/c1-16(2)14(22)20(15(23)17-16)10-13(21)9-18-4-6-19(7-5-18)12-3-8-26(24,25)11-12/h12-13,21H,3-11H2,1-2H3,(H,17,23). The Kier molecular flexibility index (Phi) is 5.31. The average molecular weight is 388 g/mol. The van der Waals surface area contributed by atoms with Crippen LogP contribution in [0.4, 0.5) is 4.79 Å². The maximum Gasteiger partial charge on any atom is 0.325 e. The first-order valence-electron chi connectivity index (χ1n) is 9.06. The van der Waals surface area contributed by atoms with Gasteiger partial charge in [-0.2, -0.15) is 0 Å². The smallest absolute Gasteiger partial charge is 0.325 e. The van der Waals surface area contributed by atoms with Gasteiger partial charge in [0.15, 0.2) is 9.84 Å². The molecule has 3 aliphatic heterocycles. The van der Waals surface area contributed by atoms with E-state index in [-0.39, 0.29) is 30.0 Å². The number of nitrogens with zero attached hydrogens (tertiary/aromatic N) is 3. The Hall–Kier alpha value is -1.23. The summed E-state index contributed by atoms with van der Waals surface area (Å²) in [4.78, 5) is 29.4. The Labute approximate surface area is 154 Å². The summed E-state index contributed by atoms with van der Waals surface area (Å²) in [6.07, 6.45) is -0.107. The Morgan fingerprint density at radius 3 is 2.35 bits per heavy atom. The van der Waals surface area contributed by atoms with Crippen molar-refractivity contribution < 1.29 is 23.1 Å². The minimum Gasteiger partial charge on any atom is -0.390 e. The molecule has 3 saturated heterocycles. The van der Waals surface area contributed by atoms with Crippen LogP contribution in [0.2, 0.25) is 0 Å². The number of hydrogen-bond donors (Lipinski definition) is 2. The van der Waals surface area contributed by atoms with E-state index < -0.39 is 27.5 Å². The summed E-state index contributed by atoms with van der Waals surface area (Å²) >= 11 is 0. The average Bonchev–Trinajstić information content (AvgIpc) is 3.00. The number of aliphatic hydroxyl groups excluding tert-OH is 1. The van der Waals surface area contributed by atoms with Gasteiger partial charge in [0.25, 0.3) is 5.91 Å². The number of β-amino-alcohol motifs (C(OH)–C–C–N with tert-alkyl or cyclic N) is 1. The molecule has 2 atom stereocenters. The first-order chi connectivity index (χ1) is 12.1. The second kappa shape index (κ2) is 7.06. The molecule has 0 aliphatic carbocycles. The quantitative estimate of drug-likeness (QED) is 0.551. The summed E-state index contributed by atoms with van der Waals surface area (Å²) in [6, 6.07) is -0.355. The van der Waals surface area contributed by atoms with Gasteiger partial charge >= 0.3 is 6.03 Å². The fourth-order valence-corrected chi connectivity index (χ4v) is 5.69. The van der Waals surface area contributed by atoms with Crippen molar-refractivity contribution in [1.29, 1.82) is 0 Å². The summed E-state index contributed by atoms with van der Waals surface area (Å²) < 4.78 is 23.2. The molecule has 26 heavy (non-hydrogen) atoms. The van der Waals surface area contributed by atoms with Gasteiger partial charge in [0.2, 0.25) is 0 Å². The number of rotatable bonds is 5. The minimum atomic E-state index is -2.88. The van der Waals surface area contributed by atoms with E-state index >= 15 is 0 Å². The van der Waals surface area contributed by atoms with Gasteiger partial charge in [-0.3, -0.25) is 19.5 Å². The highest BCUT2D eigenvalue weighted by Crippen LogP contribution is 2.20. The monoisotopic (exact) mass is 388 g/mol. The zero-order valence-corrected chi connectivity index (χ0v) is 16.2. The Balaban J connectivity index is 1.45. The van der Waals surface area contributed by atoms with Gasteiger partial charge in [0.05, 0.1) is 24.2 Å². The highest BCUT2D eigenvalue weighted by atomic mass is 32.2.